The van der Waals surface area contributed by atoms with Gasteiger partial charge < -0.3 is 9.26 Å². The van der Waals surface area contributed by atoms with E-state index in [1.54, 1.807) is 6.92 Å². The summed E-state index contributed by atoms with van der Waals surface area (Å²) in [5, 5.41) is 3.95. The first-order valence-corrected chi connectivity index (χ1v) is 5.66. The standard InChI is InChI=1S/C14H15NO3/c1-8-5-6-11(7-9(8)2)13-12(14(16)17-4)10(3)18-15-13/h5-7H,1-4H3. The molecule has 0 saturated heterocycles. The molecular formula is C14H15NO3. The first kappa shape index (κ1) is 12.4. The van der Waals surface area contributed by atoms with Gasteiger partial charge in [-0.25, -0.2) is 4.79 Å². The van der Waals surface area contributed by atoms with Crippen molar-refractivity contribution in [2.75, 3.05) is 7.11 Å². The van der Waals surface area contributed by atoms with Crippen LogP contribution in [0.3, 0.4) is 0 Å². The third-order valence-electron chi connectivity index (χ3n) is 3.03. The molecule has 4 heteroatoms. The lowest BCUT2D eigenvalue weighted by Gasteiger charge is -2.04. The predicted molar refractivity (Wildman–Crippen MR) is 67.5 cm³/mol. The molecule has 0 saturated carbocycles. The highest BCUT2D eigenvalue weighted by molar-refractivity contribution is 5.97. The van der Waals surface area contributed by atoms with E-state index < -0.39 is 5.97 Å². The predicted octanol–water partition coefficient (Wildman–Crippen LogP) is 3.05. The normalized spacial score (nSPS) is 10.4. The van der Waals surface area contributed by atoms with Crippen LogP contribution in [0, 0.1) is 20.8 Å². The number of methoxy groups -OCH3 is 1. The second-order valence-electron chi connectivity index (χ2n) is 4.25. The summed E-state index contributed by atoms with van der Waals surface area (Å²) in [6.45, 7) is 5.75. The molecule has 94 valence electrons. The average molecular weight is 245 g/mol. The van der Waals surface area contributed by atoms with Crippen molar-refractivity contribution in [3.05, 3.63) is 40.6 Å². The zero-order valence-corrected chi connectivity index (χ0v) is 10.9. The van der Waals surface area contributed by atoms with Crippen LogP contribution in [-0.2, 0) is 4.74 Å². The fourth-order valence-electron chi connectivity index (χ4n) is 1.80. The van der Waals surface area contributed by atoms with E-state index in [1.165, 1.54) is 12.7 Å². The summed E-state index contributed by atoms with van der Waals surface area (Å²) in [5.41, 5.74) is 4.11. The number of carbonyl (C=O) groups excluding carboxylic acids is 1. The summed E-state index contributed by atoms with van der Waals surface area (Å²) in [6.07, 6.45) is 0. The Morgan fingerprint density at radius 1 is 1.22 bits per heavy atom. The number of ether oxygens (including phenoxy) is 1. The molecule has 0 bridgehead atoms. The summed E-state index contributed by atoms with van der Waals surface area (Å²) in [4.78, 5) is 11.7. The van der Waals surface area contributed by atoms with Crippen molar-refractivity contribution >= 4 is 5.97 Å². The van der Waals surface area contributed by atoms with Gasteiger partial charge in [-0.3, -0.25) is 0 Å². The molecule has 0 aliphatic rings. The highest BCUT2D eigenvalue weighted by Crippen LogP contribution is 2.27. The van der Waals surface area contributed by atoms with Crippen molar-refractivity contribution in [2.24, 2.45) is 0 Å². The molecule has 0 amide bonds. The van der Waals surface area contributed by atoms with Crippen LogP contribution < -0.4 is 0 Å². The number of aromatic nitrogens is 1. The number of esters is 1. The van der Waals surface area contributed by atoms with Gasteiger partial charge in [-0.15, -0.1) is 0 Å². The number of aryl methyl sites for hydroxylation is 3. The number of hydrogen-bond donors (Lipinski definition) is 0. The maximum atomic E-state index is 11.7. The highest BCUT2D eigenvalue weighted by Gasteiger charge is 2.22. The fraction of sp³-hybridized carbons (Fsp3) is 0.286. The van der Waals surface area contributed by atoms with Gasteiger partial charge in [0.15, 0.2) is 0 Å². The average Bonchev–Trinajstić information content (AvgIpc) is 2.74. The lowest BCUT2D eigenvalue weighted by Crippen LogP contribution is -2.03. The molecule has 18 heavy (non-hydrogen) atoms. The summed E-state index contributed by atoms with van der Waals surface area (Å²) in [6, 6.07) is 5.90. The number of carbonyl (C=O) groups is 1. The minimum atomic E-state index is -0.429. The zero-order chi connectivity index (χ0) is 13.3. The summed E-state index contributed by atoms with van der Waals surface area (Å²) in [5.74, 6) is 0.0389. The van der Waals surface area contributed by atoms with Crippen molar-refractivity contribution in [3.63, 3.8) is 0 Å². The second kappa shape index (κ2) is 4.64. The zero-order valence-electron chi connectivity index (χ0n) is 10.9. The van der Waals surface area contributed by atoms with E-state index >= 15 is 0 Å². The first-order valence-electron chi connectivity index (χ1n) is 5.66. The van der Waals surface area contributed by atoms with Crippen LogP contribution in [0.25, 0.3) is 11.3 Å². The van der Waals surface area contributed by atoms with Gasteiger partial charge in [-0.05, 0) is 38.0 Å². The third-order valence-corrected chi connectivity index (χ3v) is 3.03. The Hall–Kier alpha value is -2.10. The Balaban J connectivity index is 2.57. The second-order valence-corrected chi connectivity index (χ2v) is 4.25. The van der Waals surface area contributed by atoms with Crippen molar-refractivity contribution in [3.8, 4) is 11.3 Å². The molecule has 0 N–H and O–H groups in total. The lowest BCUT2D eigenvalue weighted by molar-refractivity contribution is 0.0599. The Bertz CT molecular complexity index is 599. The molecule has 1 aromatic carbocycles. The van der Waals surface area contributed by atoms with Crippen molar-refractivity contribution in [1.82, 2.24) is 5.16 Å². The highest BCUT2D eigenvalue weighted by atomic mass is 16.5. The largest absolute Gasteiger partial charge is 0.465 e. The third kappa shape index (κ3) is 2.01. The Morgan fingerprint density at radius 3 is 2.56 bits per heavy atom. The van der Waals surface area contributed by atoms with Gasteiger partial charge in [0, 0.05) is 5.56 Å². The monoisotopic (exact) mass is 245 g/mol. The van der Waals surface area contributed by atoms with Crippen molar-refractivity contribution < 1.29 is 14.1 Å². The van der Waals surface area contributed by atoms with Crippen molar-refractivity contribution in [2.45, 2.75) is 20.8 Å². The molecule has 2 rings (SSSR count). The minimum absolute atomic E-state index is 0.390. The molecule has 2 aromatic rings. The van der Waals surface area contributed by atoms with Crippen LogP contribution in [0.2, 0.25) is 0 Å². The van der Waals surface area contributed by atoms with Gasteiger partial charge in [0.1, 0.15) is 17.0 Å². The van der Waals surface area contributed by atoms with E-state index in [2.05, 4.69) is 5.16 Å². The quantitative estimate of drug-likeness (QED) is 0.763. The number of rotatable bonds is 2. The van der Waals surface area contributed by atoms with Gasteiger partial charge >= 0.3 is 5.97 Å². The van der Waals surface area contributed by atoms with Crippen LogP contribution in [0.5, 0.6) is 0 Å². The van der Waals surface area contributed by atoms with Crippen LogP contribution in [0.4, 0.5) is 0 Å². The van der Waals surface area contributed by atoms with Crippen LogP contribution in [0.15, 0.2) is 22.7 Å². The van der Waals surface area contributed by atoms with E-state index in [0.29, 0.717) is 17.0 Å². The summed E-state index contributed by atoms with van der Waals surface area (Å²) < 4.78 is 9.84. The smallest absolute Gasteiger partial charge is 0.343 e. The molecule has 0 fully saturated rings. The van der Waals surface area contributed by atoms with Gasteiger partial charge in [-0.1, -0.05) is 17.3 Å². The maximum Gasteiger partial charge on any atom is 0.343 e. The van der Waals surface area contributed by atoms with Gasteiger partial charge in [-0.2, -0.15) is 0 Å². The first-order chi connectivity index (χ1) is 8.54. The SMILES string of the molecule is COC(=O)c1c(-c2ccc(C)c(C)c2)noc1C. The number of benzene rings is 1. The van der Waals surface area contributed by atoms with E-state index in [0.717, 1.165) is 11.1 Å². The maximum absolute atomic E-state index is 11.7. The molecule has 4 nitrogen and oxygen atoms in total. The molecule has 0 unspecified atom stereocenters. The Labute approximate surface area is 106 Å². The van der Waals surface area contributed by atoms with Gasteiger partial charge in [0.2, 0.25) is 0 Å². The Kier molecular flexibility index (Phi) is 3.19. The van der Waals surface area contributed by atoms with Gasteiger partial charge in [0.25, 0.3) is 0 Å². The topological polar surface area (TPSA) is 52.3 Å². The molecule has 0 aliphatic carbocycles. The van der Waals surface area contributed by atoms with Crippen LogP contribution >= 0.6 is 0 Å². The fourth-order valence-corrected chi connectivity index (χ4v) is 1.80. The molecular weight excluding hydrogens is 230 g/mol. The van der Waals surface area contributed by atoms with Crippen LogP contribution in [0.1, 0.15) is 27.2 Å². The van der Waals surface area contributed by atoms with E-state index in [1.807, 2.05) is 32.0 Å². The van der Waals surface area contributed by atoms with Crippen molar-refractivity contribution in [1.29, 1.82) is 0 Å². The number of nitrogens with zero attached hydrogens (tertiary/aromatic N) is 1. The summed E-state index contributed by atoms with van der Waals surface area (Å²) in [7, 11) is 1.35. The van der Waals surface area contributed by atoms with E-state index in [4.69, 9.17) is 9.26 Å². The van der Waals surface area contributed by atoms with Gasteiger partial charge in [0.05, 0.1) is 7.11 Å². The molecule has 0 spiro atoms. The molecule has 1 aromatic heterocycles. The number of hydrogen-bond acceptors (Lipinski definition) is 4. The van der Waals surface area contributed by atoms with E-state index in [-0.39, 0.29) is 0 Å². The molecule has 0 radical (unpaired) electrons. The molecule has 0 aliphatic heterocycles. The molecule has 1 heterocycles. The Morgan fingerprint density at radius 2 is 1.94 bits per heavy atom. The van der Waals surface area contributed by atoms with E-state index in [9.17, 15) is 4.79 Å². The lowest BCUT2D eigenvalue weighted by atomic mass is 10.0. The summed E-state index contributed by atoms with van der Waals surface area (Å²) >= 11 is 0. The minimum Gasteiger partial charge on any atom is -0.465 e. The molecule has 0 atom stereocenters. The van der Waals surface area contributed by atoms with Crippen LogP contribution in [-0.4, -0.2) is 18.2 Å².